The summed E-state index contributed by atoms with van der Waals surface area (Å²) in [5.41, 5.74) is 0. The maximum Gasteiger partial charge on any atom is 0.0534 e. The van der Waals surface area contributed by atoms with Gasteiger partial charge in [-0.15, -0.1) is 0 Å². The minimum absolute atomic E-state index is 0.632. The van der Waals surface area contributed by atoms with Crippen molar-refractivity contribution in [1.82, 2.24) is 15.1 Å². The topological polar surface area (TPSA) is 29.9 Å². The van der Waals surface area contributed by atoms with Crippen LogP contribution in [0.2, 0.25) is 0 Å². The van der Waals surface area contributed by atoms with Crippen LogP contribution in [0, 0.1) is 0 Å². The minimum atomic E-state index is 0.632. The van der Waals surface area contributed by atoms with E-state index in [4.69, 9.17) is 0 Å². The second-order valence-electron chi connectivity index (χ2n) is 4.12. The van der Waals surface area contributed by atoms with Gasteiger partial charge < -0.3 is 5.32 Å². The van der Waals surface area contributed by atoms with Crippen LogP contribution in [0.15, 0.2) is 18.5 Å². The second kappa shape index (κ2) is 7.46. The summed E-state index contributed by atoms with van der Waals surface area (Å²) in [6, 6.07) is 2.59. The van der Waals surface area contributed by atoms with Crippen LogP contribution in [0.5, 0.6) is 0 Å². The van der Waals surface area contributed by atoms with E-state index in [-0.39, 0.29) is 0 Å². The average Bonchev–Trinajstić information content (AvgIpc) is 2.71. The molecule has 0 radical (unpaired) electrons. The van der Waals surface area contributed by atoms with Crippen molar-refractivity contribution in [3.63, 3.8) is 0 Å². The third-order valence-corrected chi connectivity index (χ3v) is 2.63. The maximum absolute atomic E-state index is 4.17. The molecule has 0 fully saturated rings. The Morgan fingerprint density at radius 1 is 1.40 bits per heavy atom. The van der Waals surface area contributed by atoms with Gasteiger partial charge in [0.2, 0.25) is 0 Å². The largest absolute Gasteiger partial charge is 0.312 e. The molecule has 0 bridgehead atoms. The number of nitrogens with zero attached hydrogens (tertiary/aromatic N) is 2. The first-order valence-electron chi connectivity index (χ1n) is 6.03. The van der Waals surface area contributed by atoms with Gasteiger partial charge in [0.25, 0.3) is 0 Å². The number of unbranched alkanes of at least 4 members (excludes halogenated alkanes) is 2. The van der Waals surface area contributed by atoms with Crippen molar-refractivity contribution >= 4 is 0 Å². The molecule has 1 rings (SSSR count). The average molecular weight is 209 g/mol. The summed E-state index contributed by atoms with van der Waals surface area (Å²) in [5, 5.41) is 7.68. The summed E-state index contributed by atoms with van der Waals surface area (Å²) in [6.45, 7) is 6.48. The molecule has 1 N–H and O–H groups in total. The highest BCUT2D eigenvalue weighted by Gasteiger charge is 2.00. The van der Waals surface area contributed by atoms with Crippen LogP contribution in [0.1, 0.15) is 39.5 Å². The predicted molar refractivity (Wildman–Crippen MR) is 63.8 cm³/mol. The van der Waals surface area contributed by atoms with Gasteiger partial charge in [-0.25, -0.2) is 0 Å². The summed E-state index contributed by atoms with van der Waals surface area (Å²) in [5.74, 6) is 0. The van der Waals surface area contributed by atoms with Crippen molar-refractivity contribution in [2.75, 3.05) is 6.54 Å². The first-order valence-corrected chi connectivity index (χ1v) is 6.03. The molecule has 0 aliphatic carbocycles. The number of aromatic nitrogens is 2. The van der Waals surface area contributed by atoms with E-state index in [1.165, 1.54) is 25.7 Å². The van der Waals surface area contributed by atoms with Gasteiger partial charge in [0.15, 0.2) is 0 Å². The summed E-state index contributed by atoms with van der Waals surface area (Å²) in [6.07, 6.45) is 9.11. The highest BCUT2D eigenvalue weighted by atomic mass is 15.3. The van der Waals surface area contributed by atoms with E-state index in [1.54, 1.807) is 0 Å². The fourth-order valence-corrected chi connectivity index (χ4v) is 1.66. The Morgan fingerprint density at radius 2 is 2.27 bits per heavy atom. The molecule has 86 valence electrons. The van der Waals surface area contributed by atoms with Gasteiger partial charge >= 0.3 is 0 Å². The Hall–Kier alpha value is -0.830. The smallest absolute Gasteiger partial charge is 0.0534 e. The molecule has 1 unspecified atom stereocenters. The Labute approximate surface area is 92.9 Å². The molecule has 0 saturated heterocycles. The van der Waals surface area contributed by atoms with E-state index >= 15 is 0 Å². The van der Waals surface area contributed by atoms with Gasteiger partial charge in [-0.1, -0.05) is 26.2 Å². The minimum Gasteiger partial charge on any atom is -0.312 e. The lowest BCUT2D eigenvalue weighted by atomic mass is 10.1. The highest BCUT2D eigenvalue weighted by molar-refractivity contribution is 4.77. The molecule has 3 nitrogen and oxygen atoms in total. The van der Waals surface area contributed by atoms with Crippen molar-refractivity contribution in [2.45, 2.75) is 52.1 Å². The molecule has 1 atom stereocenters. The molecular weight excluding hydrogens is 186 g/mol. The van der Waals surface area contributed by atoms with Crippen molar-refractivity contribution in [1.29, 1.82) is 0 Å². The van der Waals surface area contributed by atoms with Crippen molar-refractivity contribution in [3.05, 3.63) is 18.5 Å². The monoisotopic (exact) mass is 209 g/mol. The van der Waals surface area contributed by atoms with Crippen LogP contribution in [-0.4, -0.2) is 22.4 Å². The van der Waals surface area contributed by atoms with Gasteiger partial charge in [0.05, 0.1) is 6.54 Å². The number of hydrogen-bond acceptors (Lipinski definition) is 2. The lowest BCUT2D eigenvalue weighted by Gasteiger charge is -2.13. The van der Waals surface area contributed by atoms with E-state index in [9.17, 15) is 0 Å². The van der Waals surface area contributed by atoms with Gasteiger partial charge in [0.1, 0.15) is 0 Å². The van der Waals surface area contributed by atoms with Crippen molar-refractivity contribution < 1.29 is 0 Å². The third kappa shape index (κ3) is 5.57. The molecule has 0 aliphatic heterocycles. The van der Waals surface area contributed by atoms with Crippen LogP contribution in [-0.2, 0) is 6.54 Å². The molecule has 0 spiro atoms. The molecule has 0 aromatic carbocycles. The van der Waals surface area contributed by atoms with E-state index < -0.39 is 0 Å². The van der Waals surface area contributed by atoms with Crippen molar-refractivity contribution in [3.8, 4) is 0 Å². The van der Waals surface area contributed by atoms with Gasteiger partial charge in [-0.3, -0.25) is 4.68 Å². The van der Waals surface area contributed by atoms with Crippen LogP contribution in [0.4, 0.5) is 0 Å². The zero-order valence-electron chi connectivity index (χ0n) is 9.95. The number of nitrogens with one attached hydrogen (secondary N) is 1. The molecule has 0 saturated carbocycles. The summed E-state index contributed by atoms with van der Waals surface area (Å²) >= 11 is 0. The van der Waals surface area contributed by atoms with Gasteiger partial charge in [0, 0.05) is 25.0 Å². The van der Waals surface area contributed by atoms with Crippen molar-refractivity contribution in [2.24, 2.45) is 0 Å². The molecule has 1 aromatic heterocycles. The summed E-state index contributed by atoms with van der Waals surface area (Å²) < 4.78 is 1.96. The maximum atomic E-state index is 4.17. The van der Waals surface area contributed by atoms with Crippen LogP contribution >= 0.6 is 0 Å². The van der Waals surface area contributed by atoms with Crippen LogP contribution in [0.25, 0.3) is 0 Å². The Bertz CT molecular complexity index is 231. The number of rotatable bonds is 8. The Kier molecular flexibility index (Phi) is 6.09. The van der Waals surface area contributed by atoms with Gasteiger partial charge in [-0.05, 0) is 19.4 Å². The lowest BCUT2D eigenvalue weighted by molar-refractivity contribution is 0.460. The quantitative estimate of drug-likeness (QED) is 0.666. The molecule has 0 aliphatic rings. The van der Waals surface area contributed by atoms with Gasteiger partial charge in [-0.2, -0.15) is 5.10 Å². The van der Waals surface area contributed by atoms with Crippen LogP contribution < -0.4 is 5.32 Å². The highest BCUT2D eigenvalue weighted by Crippen LogP contribution is 2.02. The molecule has 1 heterocycles. The Morgan fingerprint density at radius 3 is 2.93 bits per heavy atom. The zero-order chi connectivity index (χ0) is 10.9. The van der Waals surface area contributed by atoms with E-state index in [0.717, 1.165) is 13.1 Å². The molecular formula is C12H23N3. The lowest BCUT2D eigenvalue weighted by Crippen LogP contribution is -2.29. The molecule has 0 amide bonds. The first kappa shape index (κ1) is 12.2. The van der Waals surface area contributed by atoms with Crippen LogP contribution in [0.3, 0.4) is 0 Å². The number of hydrogen-bond donors (Lipinski definition) is 1. The second-order valence-corrected chi connectivity index (χ2v) is 4.12. The SMILES string of the molecule is CCCCCC(C)NCCn1cccn1. The zero-order valence-corrected chi connectivity index (χ0v) is 9.95. The fraction of sp³-hybridized carbons (Fsp3) is 0.750. The molecule has 1 aromatic rings. The first-order chi connectivity index (χ1) is 7.33. The predicted octanol–water partition coefficient (Wildman–Crippen LogP) is 2.44. The summed E-state index contributed by atoms with van der Waals surface area (Å²) in [4.78, 5) is 0. The summed E-state index contributed by atoms with van der Waals surface area (Å²) in [7, 11) is 0. The normalized spacial score (nSPS) is 12.9. The third-order valence-electron chi connectivity index (χ3n) is 2.63. The molecule has 3 heteroatoms. The van der Waals surface area contributed by atoms with E-state index in [0.29, 0.717) is 6.04 Å². The van der Waals surface area contributed by atoms with E-state index in [2.05, 4.69) is 24.3 Å². The Balaban J connectivity index is 1.99. The fourth-order valence-electron chi connectivity index (χ4n) is 1.66. The van der Waals surface area contributed by atoms with E-state index in [1.807, 2.05) is 23.1 Å². The molecule has 15 heavy (non-hydrogen) atoms. The standard InChI is InChI=1S/C12H23N3/c1-3-4-5-7-12(2)13-9-11-15-10-6-8-14-15/h6,8,10,12-13H,3-5,7,9,11H2,1-2H3.